The van der Waals surface area contributed by atoms with Crippen LogP contribution in [0.15, 0.2) is 79.1 Å². The number of anilines is 1. The van der Waals surface area contributed by atoms with E-state index in [2.05, 4.69) is 32.0 Å². The Morgan fingerprint density at radius 2 is 1.61 bits per heavy atom. The molecule has 16 heteroatoms. The summed E-state index contributed by atoms with van der Waals surface area (Å²) in [6.07, 6.45) is 3.83. The Morgan fingerprint density at radius 3 is 2.39 bits per heavy atom. The van der Waals surface area contributed by atoms with Crippen molar-refractivity contribution in [1.82, 2.24) is 44.7 Å². The highest BCUT2D eigenvalue weighted by molar-refractivity contribution is 6.05. The smallest absolute Gasteiger partial charge is 0.255 e. The summed E-state index contributed by atoms with van der Waals surface area (Å²) in [6, 6.07) is 21.9. The summed E-state index contributed by atoms with van der Waals surface area (Å²) in [5.41, 5.74) is 10.7. The molecule has 6 heterocycles. The fourth-order valence-electron chi connectivity index (χ4n) is 8.73. The average Bonchev–Trinajstić information content (AvgIpc) is 3.84. The Labute approximate surface area is 358 Å². The first kappa shape index (κ1) is 40.3. The molecule has 0 aliphatic carbocycles. The lowest BCUT2D eigenvalue weighted by Gasteiger charge is -2.34. The number of fused-ring (bicyclic) bond motifs is 2. The number of nitrogens with zero attached hydrogens (tertiary/aromatic N) is 8. The molecule has 316 valence electrons. The largest absolute Gasteiger partial charge is 0.457 e. The second-order valence-corrected chi connectivity index (χ2v) is 16.1. The van der Waals surface area contributed by atoms with Gasteiger partial charge >= 0.3 is 0 Å². The van der Waals surface area contributed by atoms with Crippen molar-refractivity contribution in [3.8, 4) is 34.6 Å². The van der Waals surface area contributed by atoms with Gasteiger partial charge in [0.15, 0.2) is 5.65 Å². The number of nitrogens with two attached hydrogens (primary N) is 1. The number of ether oxygens (including phenoxy) is 1. The van der Waals surface area contributed by atoms with Gasteiger partial charge in [-0.3, -0.25) is 34.2 Å². The minimum Gasteiger partial charge on any atom is -0.457 e. The lowest BCUT2D eigenvalue weighted by Crippen LogP contribution is -2.52. The Morgan fingerprint density at radius 1 is 0.855 bits per heavy atom. The van der Waals surface area contributed by atoms with Crippen LogP contribution in [-0.4, -0.2) is 121 Å². The standard InChI is InChI=1S/C46H46N10O6/c47-43-41-42(31-11-13-35(14-12-31)62-34-8-2-1-3-9-34)51-56(44(41)49-29-48-43)33-7-5-21-54(28-33)40(59)19-18-39(58)53-24-22-52(23-25-53)20-4-6-30-10-15-36-32(26-30)27-55(46(36)61)37-16-17-38(57)50-45(37)60/h1-3,8-15,26,29,33,37H,5,7,16-25,27-28H2,(H2,47,48,49)(H,50,57,60). The number of piperidine rings is 2. The van der Waals surface area contributed by atoms with E-state index in [4.69, 9.17) is 15.6 Å². The van der Waals surface area contributed by atoms with Gasteiger partial charge in [0.25, 0.3) is 5.91 Å². The molecule has 3 fully saturated rings. The first-order valence-corrected chi connectivity index (χ1v) is 21.0. The van der Waals surface area contributed by atoms with Gasteiger partial charge in [-0.05, 0) is 79.4 Å². The van der Waals surface area contributed by atoms with E-state index in [0.29, 0.717) is 92.6 Å². The second-order valence-electron chi connectivity index (χ2n) is 16.1. The fourth-order valence-corrected chi connectivity index (χ4v) is 8.73. The molecule has 4 aliphatic rings. The molecular formula is C46H46N10O6. The Balaban J connectivity index is 0.755. The van der Waals surface area contributed by atoms with Crippen LogP contribution >= 0.6 is 0 Å². The van der Waals surface area contributed by atoms with Crippen LogP contribution in [0.25, 0.3) is 22.3 Å². The Hall–Kier alpha value is -7.12. The van der Waals surface area contributed by atoms with E-state index < -0.39 is 11.9 Å². The van der Waals surface area contributed by atoms with Gasteiger partial charge in [-0.15, -0.1) is 0 Å². The molecule has 5 aromatic rings. The number of amides is 5. The van der Waals surface area contributed by atoms with Crippen molar-refractivity contribution in [3.63, 3.8) is 0 Å². The van der Waals surface area contributed by atoms with Gasteiger partial charge in [0.05, 0.1) is 18.0 Å². The van der Waals surface area contributed by atoms with Crippen LogP contribution in [-0.2, 0) is 25.7 Å². The molecule has 3 aromatic carbocycles. The van der Waals surface area contributed by atoms with Crippen LogP contribution in [0.3, 0.4) is 0 Å². The maximum Gasteiger partial charge on any atom is 0.255 e. The minimum atomic E-state index is -0.657. The van der Waals surface area contributed by atoms with Crippen molar-refractivity contribution in [1.29, 1.82) is 0 Å². The molecule has 0 bridgehead atoms. The summed E-state index contributed by atoms with van der Waals surface area (Å²) in [5, 5.41) is 8.00. The van der Waals surface area contributed by atoms with E-state index in [1.54, 1.807) is 6.07 Å². The van der Waals surface area contributed by atoms with Gasteiger partial charge in [-0.25, -0.2) is 14.6 Å². The van der Waals surface area contributed by atoms with Crippen LogP contribution in [0.2, 0.25) is 0 Å². The molecule has 4 aliphatic heterocycles. The van der Waals surface area contributed by atoms with Gasteiger partial charge in [0, 0.05) is 81.8 Å². The zero-order valence-corrected chi connectivity index (χ0v) is 34.2. The van der Waals surface area contributed by atoms with E-state index >= 15 is 0 Å². The molecule has 3 saturated heterocycles. The van der Waals surface area contributed by atoms with Gasteiger partial charge in [-0.1, -0.05) is 30.0 Å². The maximum atomic E-state index is 13.5. The molecule has 0 radical (unpaired) electrons. The van der Waals surface area contributed by atoms with Crippen LogP contribution < -0.4 is 15.8 Å². The normalized spacial score (nSPS) is 19.2. The van der Waals surface area contributed by atoms with Crippen molar-refractivity contribution < 1.29 is 28.7 Å². The zero-order chi connectivity index (χ0) is 42.7. The third-order valence-corrected chi connectivity index (χ3v) is 12.1. The number of imide groups is 1. The zero-order valence-electron chi connectivity index (χ0n) is 34.2. The predicted octanol–water partition coefficient (Wildman–Crippen LogP) is 3.77. The van der Waals surface area contributed by atoms with Gasteiger partial charge in [0.2, 0.25) is 23.6 Å². The first-order valence-electron chi connectivity index (χ1n) is 21.0. The molecule has 5 amide bonds. The lowest BCUT2D eigenvalue weighted by atomic mass is 10.0. The van der Waals surface area contributed by atoms with Gasteiger partial charge < -0.3 is 25.2 Å². The minimum absolute atomic E-state index is 0.0354. The molecule has 2 aromatic heterocycles. The Bertz CT molecular complexity index is 2610. The number of carbonyl (C=O) groups is 5. The van der Waals surface area contributed by atoms with Crippen molar-refractivity contribution in [2.24, 2.45) is 0 Å². The van der Waals surface area contributed by atoms with Crippen LogP contribution in [0.1, 0.15) is 66.1 Å². The highest BCUT2D eigenvalue weighted by Crippen LogP contribution is 2.35. The number of rotatable bonds is 9. The molecular weight excluding hydrogens is 789 g/mol. The molecule has 16 nitrogen and oxygen atoms in total. The number of benzene rings is 3. The number of hydrogen-bond acceptors (Lipinski definition) is 11. The number of para-hydroxylation sites is 1. The molecule has 0 spiro atoms. The third kappa shape index (κ3) is 8.44. The monoisotopic (exact) mass is 834 g/mol. The quantitative estimate of drug-likeness (QED) is 0.163. The van der Waals surface area contributed by atoms with E-state index in [-0.39, 0.29) is 48.9 Å². The molecule has 2 atom stereocenters. The number of nitrogen functional groups attached to an aromatic ring is 1. The predicted molar refractivity (Wildman–Crippen MR) is 228 cm³/mol. The van der Waals surface area contributed by atoms with Gasteiger partial charge in [0.1, 0.15) is 35.4 Å². The summed E-state index contributed by atoms with van der Waals surface area (Å²) in [4.78, 5) is 80.0. The summed E-state index contributed by atoms with van der Waals surface area (Å²) in [7, 11) is 0. The summed E-state index contributed by atoms with van der Waals surface area (Å²) < 4.78 is 7.85. The van der Waals surface area contributed by atoms with Crippen molar-refractivity contribution >= 4 is 46.4 Å². The van der Waals surface area contributed by atoms with Crippen molar-refractivity contribution in [3.05, 3.63) is 95.8 Å². The first-order chi connectivity index (χ1) is 30.2. The highest BCUT2D eigenvalue weighted by atomic mass is 16.5. The summed E-state index contributed by atoms with van der Waals surface area (Å²) >= 11 is 0. The van der Waals surface area contributed by atoms with E-state index in [1.807, 2.05) is 81.2 Å². The van der Waals surface area contributed by atoms with E-state index in [0.717, 1.165) is 35.3 Å². The van der Waals surface area contributed by atoms with Crippen LogP contribution in [0, 0.1) is 11.8 Å². The van der Waals surface area contributed by atoms with Crippen molar-refractivity contribution in [2.45, 2.75) is 57.2 Å². The third-order valence-electron chi connectivity index (χ3n) is 12.1. The SMILES string of the molecule is Nc1ncnc2c1c(-c1ccc(Oc3ccccc3)cc1)nn2C1CCCN(C(=O)CCC(=O)N2CCN(CC#Cc3ccc4c(c3)CN(C3CCC(=O)NC3=O)C4=O)CC2)C1. The van der Waals surface area contributed by atoms with Crippen LogP contribution in [0.5, 0.6) is 11.5 Å². The topological polar surface area (TPSA) is 189 Å². The summed E-state index contributed by atoms with van der Waals surface area (Å²) in [5.74, 6) is 7.13. The second kappa shape index (κ2) is 17.5. The number of nitrogens with one attached hydrogen (secondary N) is 1. The maximum absolute atomic E-state index is 13.5. The number of hydrogen-bond donors (Lipinski definition) is 2. The number of carbonyl (C=O) groups excluding carboxylic acids is 5. The Kier molecular flexibility index (Phi) is 11.4. The number of aromatic nitrogens is 4. The molecule has 3 N–H and O–H groups in total. The molecule has 2 unspecified atom stereocenters. The van der Waals surface area contributed by atoms with E-state index in [9.17, 15) is 24.0 Å². The van der Waals surface area contributed by atoms with Crippen molar-refractivity contribution in [2.75, 3.05) is 51.5 Å². The van der Waals surface area contributed by atoms with Gasteiger partial charge in [-0.2, -0.15) is 5.10 Å². The molecule has 0 saturated carbocycles. The average molecular weight is 835 g/mol. The number of piperazine rings is 1. The van der Waals surface area contributed by atoms with E-state index in [1.165, 1.54) is 11.2 Å². The highest BCUT2D eigenvalue weighted by Gasteiger charge is 2.39. The molecule has 9 rings (SSSR count). The van der Waals surface area contributed by atoms with Crippen LogP contribution in [0.4, 0.5) is 5.82 Å². The molecule has 62 heavy (non-hydrogen) atoms. The fraction of sp³-hybridized carbons (Fsp3) is 0.348. The number of likely N-dealkylation sites (tertiary alicyclic amines) is 1. The summed E-state index contributed by atoms with van der Waals surface area (Å²) in [6.45, 7) is 4.33. The lowest BCUT2D eigenvalue weighted by molar-refractivity contribution is -0.138.